The Labute approximate surface area is 51.5 Å². The maximum Gasteiger partial charge on any atom is 0.309 e. The Balaban J connectivity index is 3.54. The molecule has 0 aliphatic rings. The molecule has 0 spiro atoms. The average molecular weight is 138 g/mol. The van der Waals surface area contributed by atoms with E-state index in [1.54, 1.807) is 0 Å². The zero-order chi connectivity index (χ0) is 7.28. The molecule has 0 fully saturated rings. The number of aliphatic carboxylic acids is 1. The Morgan fingerprint density at radius 1 is 1.56 bits per heavy atom. The monoisotopic (exact) mass is 138 g/mol. The molecule has 0 rings (SSSR count). The van der Waals surface area contributed by atoms with Crippen molar-refractivity contribution in [2.45, 2.75) is 6.42 Å². The summed E-state index contributed by atoms with van der Waals surface area (Å²) in [6.45, 7) is -1.76. The van der Waals surface area contributed by atoms with Gasteiger partial charge >= 0.3 is 5.97 Å². The van der Waals surface area contributed by atoms with E-state index >= 15 is 0 Å². The number of halogens is 2. The van der Waals surface area contributed by atoms with E-state index in [0.29, 0.717) is 0 Å². The van der Waals surface area contributed by atoms with Gasteiger partial charge in [-0.2, -0.15) is 0 Å². The molecule has 2 nitrogen and oxygen atoms in total. The van der Waals surface area contributed by atoms with Crippen LogP contribution in [0, 0.1) is 5.92 Å². The molecule has 1 atom stereocenters. The first-order valence-corrected chi connectivity index (χ1v) is 2.57. The highest BCUT2D eigenvalue weighted by atomic mass is 19.1. The van der Waals surface area contributed by atoms with Gasteiger partial charge in [0.2, 0.25) is 0 Å². The van der Waals surface area contributed by atoms with Gasteiger partial charge in [-0.15, -0.1) is 0 Å². The predicted molar refractivity (Wildman–Crippen MR) is 27.7 cm³/mol. The molecule has 0 aromatic heterocycles. The van der Waals surface area contributed by atoms with Crippen LogP contribution in [-0.4, -0.2) is 24.4 Å². The highest BCUT2D eigenvalue weighted by Gasteiger charge is 2.15. The van der Waals surface area contributed by atoms with Crippen molar-refractivity contribution in [2.24, 2.45) is 5.92 Å². The van der Waals surface area contributed by atoms with E-state index < -0.39 is 25.2 Å². The molecule has 0 heterocycles. The largest absolute Gasteiger partial charge is 0.481 e. The highest BCUT2D eigenvalue weighted by molar-refractivity contribution is 5.70. The smallest absolute Gasteiger partial charge is 0.309 e. The third-order valence-electron chi connectivity index (χ3n) is 0.993. The van der Waals surface area contributed by atoms with Crippen molar-refractivity contribution in [2.75, 3.05) is 13.3 Å². The van der Waals surface area contributed by atoms with Crippen LogP contribution >= 0.6 is 0 Å². The third kappa shape index (κ3) is 3.00. The van der Waals surface area contributed by atoms with Crippen LogP contribution in [0.2, 0.25) is 0 Å². The van der Waals surface area contributed by atoms with Gasteiger partial charge in [0.25, 0.3) is 0 Å². The summed E-state index contributed by atoms with van der Waals surface area (Å²) in [5.74, 6) is -2.43. The van der Waals surface area contributed by atoms with Crippen molar-refractivity contribution >= 4 is 5.97 Å². The van der Waals surface area contributed by atoms with Gasteiger partial charge in [0.05, 0.1) is 12.6 Å². The lowest BCUT2D eigenvalue weighted by Crippen LogP contribution is -2.16. The molecule has 0 aliphatic carbocycles. The summed E-state index contributed by atoms with van der Waals surface area (Å²) < 4.78 is 22.9. The topological polar surface area (TPSA) is 37.3 Å². The van der Waals surface area contributed by atoms with Crippen molar-refractivity contribution in [3.05, 3.63) is 0 Å². The molecule has 0 aliphatic heterocycles. The van der Waals surface area contributed by atoms with Crippen molar-refractivity contribution in [1.29, 1.82) is 0 Å². The van der Waals surface area contributed by atoms with Crippen LogP contribution in [0.15, 0.2) is 0 Å². The predicted octanol–water partition coefficient (Wildman–Crippen LogP) is 1.02. The fraction of sp³-hybridized carbons (Fsp3) is 0.800. The normalized spacial score (nSPS) is 13.1. The van der Waals surface area contributed by atoms with Crippen molar-refractivity contribution < 1.29 is 18.7 Å². The number of carbonyl (C=O) groups is 1. The van der Waals surface area contributed by atoms with E-state index in [1.165, 1.54) is 0 Å². The molecule has 0 bridgehead atoms. The van der Waals surface area contributed by atoms with E-state index in [2.05, 4.69) is 0 Å². The molecule has 0 amide bonds. The SMILES string of the molecule is O=C(O)C(CF)CCF. The Morgan fingerprint density at radius 2 is 2.11 bits per heavy atom. The standard InChI is InChI=1S/C5H8F2O2/c6-2-1-4(3-7)5(8)9/h4H,1-3H2,(H,8,9). The van der Waals surface area contributed by atoms with E-state index in [4.69, 9.17) is 5.11 Å². The van der Waals surface area contributed by atoms with Gasteiger partial charge in [-0.05, 0) is 6.42 Å². The first-order valence-electron chi connectivity index (χ1n) is 2.57. The molecule has 0 aromatic carbocycles. The Bertz CT molecular complexity index is 95.0. The molecule has 9 heavy (non-hydrogen) atoms. The van der Waals surface area contributed by atoms with Crippen LogP contribution in [0.5, 0.6) is 0 Å². The number of carboxylic acid groups (broad SMARTS) is 1. The first-order chi connectivity index (χ1) is 4.22. The molecule has 0 saturated carbocycles. The second-order valence-corrected chi connectivity index (χ2v) is 1.67. The third-order valence-corrected chi connectivity index (χ3v) is 0.993. The minimum atomic E-state index is -1.27. The quantitative estimate of drug-likeness (QED) is 0.629. The number of rotatable bonds is 4. The van der Waals surface area contributed by atoms with Gasteiger partial charge in [0, 0.05) is 0 Å². The molecule has 0 radical (unpaired) electrons. The highest BCUT2D eigenvalue weighted by Crippen LogP contribution is 2.03. The molecular weight excluding hydrogens is 130 g/mol. The first kappa shape index (κ1) is 8.33. The van der Waals surface area contributed by atoms with Crippen LogP contribution in [0.4, 0.5) is 8.78 Å². The van der Waals surface area contributed by atoms with Crippen LogP contribution in [0.1, 0.15) is 6.42 Å². The second kappa shape index (κ2) is 4.23. The fourth-order valence-electron chi connectivity index (χ4n) is 0.398. The number of alkyl halides is 2. The lowest BCUT2D eigenvalue weighted by Gasteiger charge is -2.01. The summed E-state index contributed by atoms with van der Waals surface area (Å²) in [7, 11) is 0. The maximum absolute atomic E-state index is 11.5. The average Bonchev–Trinajstić information content (AvgIpc) is 1.82. The Kier molecular flexibility index (Phi) is 3.92. The van der Waals surface area contributed by atoms with E-state index in [0.717, 1.165) is 0 Å². The molecule has 0 aromatic rings. The van der Waals surface area contributed by atoms with Crippen molar-refractivity contribution in [3.8, 4) is 0 Å². The van der Waals surface area contributed by atoms with Gasteiger partial charge in [-0.3, -0.25) is 13.6 Å². The fourth-order valence-corrected chi connectivity index (χ4v) is 0.398. The Hall–Kier alpha value is -0.670. The summed E-state index contributed by atoms with van der Waals surface area (Å²) in [6, 6.07) is 0. The number of carboxylic acids is 1. The minimum Gasteiger partial charge on any atom is -0.481 e. The van der Waals surface area contributed by atoms with Gasteiger partial charge in [-0.1, -0.05) is 0 Å². The summed E-state index contributed by atoms with van der Waals surface area (Å²) in [6.07, 6.45) is -0.230. The molecule has 4 heteroatoms. The minimum absolute atomic E-state index is 0.230. The molecular formula is C5H8F2O2. The summed E-state index contributed by atoms with van der Waals surface area (Å²) >= 11 is 0. The van der Waals surface area contributed by atoms with Gasteiger partial charge < -0.3 is 5.11 Å². The summed E-state index contributed by atoms with van der Waals surface area (Å²) in [5.41, 5.74) is 0. The van der Waals surface area contributed by atoms with Crippen molar-refractivity contribution in [1.82, 2.24) is 0 Å². The van der Waals surface area contributed by atoms with Crippen LogP contribution in [-0.2, 0) is 4.79 Å². The lowest BCUT2D eigenvalue weighted by atomic mass is 10.1. The molecule has 54 valence electrons. The summed E-state index contributed by atoms with van der Waals surface area (Å²) in [4.78, 5) is 9.91. The molecule has 1 N–H and O–H groups in total. The van der Waals surface area contributed by atoms with Crippen molar-refractivity contribution in [3.63, 3.8) is 0 Å². The molecule has 0 saturated heterocycles. The maximum atomic E-state index is 11.5. The van der Waals surface area contributed by atoms with Crippen LogP contribution in [0.3, 0.4) is 0 Å². The number of hydrogen-bond acceptors (Lipinski definition) is 1. The van der Waals surface area contributed by atoms with Gasteiger partial charge in [0.1, 0.15) is 6.67 Å². The van der Waals surface area contributed by atoms with Crippen LogP contribution in [0.25, 0.3) is 0 Å². The van der Waals surface area contributed by atoms with E-state index in [-0.39, 0.29) is 6.42 Å². The zero-order valence-electron chi connectivity index (χ0n) is 4.81. The van der Waals surface area contributed by atoms with Gasteiger partial charge in [-0.25, -0.2) is 0 Å². The van der Waals surface area contributed by atoms with E-state index in [1.807, 2.05) is 0 Å². The Morgan fingerprint density at radius 3 is 2.22 bits per heavy atom. The number of hydrogen-bond donors (Lipinski definition) is 1. The lowest BCUT2D eigenvalue weighted by molar-refractivity contribution is -0.142. The second-order valence-electron chi connectivity index (χ2n) is 1.67. The van der Waals surface area contributed by atoms with Crippen LogP contribution < -0.4 is 0 Å². The molecule has 1 unspecified atom stereocenters. The zero-order valence-corrected chi connectivity index (χ0v) is 4.81. The summed E-state index contributed by atoms with van der Waals surface area (Å²) in [5, 5.41) is 8.10. The van der Waals surface area contributed by atoms with E-state index in [9.17, 15) is 13.6 Å². The van der Waals surface area contributed by atoms with Gasteiger partial charge in [0.15, 0.2) is 0 Å².